The van der Waals surface area contributed by atoms with Crippen LogP contribution in [0.5, 0.6) is 0 Å². The minimum Gasteiger partial charge on any atom is -0.444 e. The third kappa shape index (κ3) is 6.44. The van der Waals surface area contributed by atoms with Crippen LogP contribution in [-0.2, 0) is 20.9 Å². The zero-order valence-electron chi connectivity index (χ0n) is 16.2. The number of ether oxygens (including phenoxy) is 1. The van der Waals surface area contributed by atoms with Crippen molar-refractivity contribution in [1.82, 2.24) is 10.6 Å². The second-order valence-electron chi connectivity index (χ2n) is 7.52. The maximum atomic E-state index is 12.6. The summed E-state index contributed by atoms with van der Waals surface area (Å²) in [6.07, 6.45) is 3.04. The SMILES string of the molecule is C[C@@H]1/C=C\C[C@H](NC(=O)OC(C)(C)C)C(=O)NCc2ccccc2NC1=O. The molecule has 0 spiro atoms. The fourth-order valence-electron chi connectivity index (χ4n) is 2.54. The number of carbonyl (C=O) groups is 3. The minimum atomic E-state index is -0.794. The summed E-state index contributed by atoms with van der Waals surface area (Å²) in [7, 11) is 0. The van der Waals surface area contributed by atoms with Crippen LogP contribution in [0.25, 0.3) is 0 Å². The number of amides is 3. The van der Waals surface area contributed by atoms with Gasteiger partial charge in [0, 0.05) is 12.2 Å². The molecular weight excluding hydrogens is 346 g/mol. The van der Waals surface area contributed by atoms with Gasteiger partial charge in [-0.1, -0.05) is 37.3 Å². The number of benzene rings is 1. The topological polar surface area (TPSA) is 96.5 Å². The van der Waals surface area contributed by atoms with E-state index in [1.54, 1.807) is 45.9 Å². The van der Waals surface area contributed by atoms with Crippen molar-refractivity contribution in [2.75, 3.05) is 5.32 Å². The average Bonchev–Trinajstić information content (AvgIpc) is 2.57. The molecular formula is C20H27N3O4. The highest BCUT2D eigenvalue weighted by Crippen LogP contribution is 2.17. The van der Waals surface area contributed by atoms with Crippen LogP contribution in [0, 0.1) is 5.92 Å². The standard InChI is InChI=1S/C20H27N3O4/c1-13-8-7-11-16(23-19(26)27-20(2,3)4)18(25)21-12-14-9-5-6-10-15(14)22-17(13)24/h5-10,13,16H,11-12H2,1-4H3,(H,21,25)(H,22,24)(H,23,26)/b8-7-/t13-,16+/m1/s1. The maximum absolute atomic E-state index is 12.6. The number of anilines is 1. The van der Waals surface area contributed by atoms with E-state index in [1.807, 2.05) is 18.2 Å². The number of carbonyl (C=O) groups excluding carboxylic acids is 3. The van der Waals surface area contributed by atoms with Crippen LogP contribution in [0.2, 0.25) is 0 Å². The van der Waals surface area contributed by atoms with Gasteiger partial charge in [-0.3, -0.25) is 9.59 Å². The van der Waals surface area contributed by atoms with Gasteiger partial charge in [-0.05, 0) is 38.8 Å². The molecule has 27 heavy (non-hydrogen) atoms. The number of fused-ring (bicyclic) bond motifs is 1. The molecule has 7 nitrogen and oxygen atoms in total. The van der Waals surface area contributed by atoms with Crippen molar-refractivity contribution in [3.05, 3.63) is 42.0 Å². The molecule has 146 valence electrons. The summed E-state index contributed by atoms with van der Waals surface area (Å²) in [5.74, 6) is -0.829. The Morgan fingerprint density at radius 3 is 2.59 bits per heavy atom. The van der Waals surface area contributed by atoms with Gasteiger partial charge in [-0.15, -0.1) is 0 Å². The lowest BCUT2D eigenvalue weighted by Gasteiger charge is -2.23. The van der Waals surface area contributed by atoms with Crippen LogP contribution in [0.3, 0.4) is 0 Å². The van der Waals surface area contributed by atoms with Crippen molar-refractivity contribution in [3.8, 4) is 0 Å². The number of hydrogen-bond donors (Lipinski definition) is 3. The first-order valence-corrected chi connectivity index (χ1v) is 8.98. The molecule has 1 heterocycles. The number of nitrogens with one attached hydrogen (secondary N) is 3. The monoisotopic (exact) mass is 373 g/mol. The zero-order chi connectivity index (χ0) is 20.0. The summed E-state index contributed by atoms with van der Waals surface area (Å²) in [5, 5.41) is 8.29. The summed E-state index contributed by atoms with van der Waals surface area (Å²) in [6.45, 7) is 7.27. The third-order valence-electron chi connectivity index (χ3n) is 3.95. The highest BCUT2D eigenvalue weighted by molar-refractivity contribution is 5.94. The van der Waals surface area contributed by atoms with Gasteiger partial charge in [0.15, 0.2) is 0 Å². The van der Waals surface area contributed by atoms with Crippen molar-refractivity contribution in [2.24, 2.45) is 5.92 Å². The van der Waals surface area contributed by atoms with E-state index in [4.69, 9.17) is 4.74 Å². The first-order valence-electron chi connectivity index (χ1n) is 8.98. The Morgan fingerprint density at radius 2 is 1.89 bits per heavy atom. The zero-order valence-corrected chi connectivity index (χ0v) is 16.2. The van der Waals surface area contributed by atoms with Crippen molar-refractivity contribution < 1.29 is 19.1 Å². The van der Waals surface area contributed by atoms with E-state index in [0.717, 1.165) is 5.56 Å². The van der Waals surface area contributed by atoms with Crippen LogP contribution in [0.15, 0.2) is 36.4 Å². The average molecular weight is 373 g/mol. The van der Waals surface area contributed by atoms with E-state index in [9.17, 15) is 14.4 Å². The van der Waals surface area contributed by atoms with E-state index in [2.05, 4.69) is 16.0 Å². The van der Waals surface area contributed by atoms with Gasteiger partial charge < -0.3 is 20.7 Å². The molecule has 1 aliphatic rings. The Kier molecular flexibility index (Phi) is 6.60. The summed E-state index contributed by atoms with van der Waals surface area (Å²) < 4.78 is 5.24. The van der Waals surface area contributed by atoms with Gasteiger partial charge in [0.2, 0.25) is 11.8 Å². The number of alkyl carbamates (subject to hydrolysis) is 1. The fourth-order valence-corrected chi connectivity index (χ4v) is 2.54. The van der Waals surface area contributed by atoms with E-state index in [-0.39, 0.29) is 30.7 Å². The molecule has 0 saturated carbocycles. The molecule has 0 saturated heterocycles. The van der Waals surface area contributed by atoms with Crippen LogP contribution in [0.1, 0.15) is 39.7 Å². The molecule has 0 fully saturated rings. The Bertz CT molecular complexity index is 737. The van der Waals surface area contributed by atoms with Gasteiger partial charge in [0.05, 0.1) is 5.92 Å². The van der Waals surface area contributed by atoms with Gasteiger partial charge in [-0.25, -0.2) is 4.79 Å². The van der Waals surface area contributed by atoms with Crippen LogP contribution < -0.4 is 16.0 Å². The molecule has 3 amide bonds. The first-order chi connectivity index (χ1) is 12.7. The first kappa shape index (κ1) is 20.5. The Morgan fingerprint density at radius 1 is 1.19 bits per heavy atom. The normalized spacial score (nSPS) is 22.2. The van der Waals surface area contributed by atoms with E-state index in [1.165, 1.54) is 0 Å². The largest absolute Gasteiger partial charge is 0.444 e. The molecule has 1 aromatic carbocycles. The summed E-state index contributed by atoms with van der Waals surface area (Å²) in [6, 6.07) is 6.48. The minimum absolute atomic E-state index is 0.137. The van der Waals surface area contributed by atoms with Crippen LogP contribution in [-0.4, -0.2) is 29.6 Å². The molecule has 2 atom stereocenters. The van der Waals surface area contributed by atoms with Crippen LogP contribution >= 0.6 is 0 Å². The number of rotatable bonds is 1. The lowest BCUT2D eigenvalue weighted by molar-refractivity contribution is -0.123. The van der Waals surface area contributed by atoms with E-state index >= 15 is 0 Å². The second-order valence-corrected chi connectivity index (χ2v) is 7.52. The van der Waals surface area contributed by atoms with Crippen molar-refractivity contribution in [2.45, 2.75) is 52.3 Å². The summed E-state index contributed by atoms with van der Waals surface area (Å²) in [5.41, 5.74) is 0.778. The van der Waals surface area contributed by atoms with Crippen molar-refractivity contribution >= 4 is 23.6 Å². The molecule has 0 radical (unpaired) electrons. The molecule has 7 heteroatoms. The molecule has 0 unspecified atom stereocenters. The Labute approximate surface area is 159 Å². The molecule has 0 bridgehead atoms. The molecule has 0 aromatic heterocycles. The Balaban J connectivity index is 2.20. The maximum Gasteiger partial charge on any atom is 0.408 e. The molecule has 2 rings (SSSR count). The summed E-state index contributed by atoms with van der Waals surface area (Å²) >= 11 is 0. The van der Waals surface area contributed by atoms with E-state index in [0.29, 0.717) is 5.69 Å². The predicted octanol–water partition coefficient (Wildman–Crippen LogP) is 2.73. The van der Waals surface area contributed by atoms with Gasteiger partial charge >= 0.3 is 6.09 Å². The molecule has 0 aliphatic carbocycles. The Hall–Kier alpha value is -2.83. The van der Waals surface area contributed by atoms with Gasteiger partial charge in [0.25, 0.3) is 0 Å². The highest BCUT2D eigenvalue weighted by Gasteiger charge is 2.24. The summed E-state index contributed by atoms with van der Waals surface area (Å²) in [4.78, 5) is 37.0. The smallest absolute Gasteiger partial charge is 0.408 e. The van der Waals surface area contributed by atoms with Crippen molar-refractivity contribution in [3.63, 3.8) is 0 Å². The second kappa shape index (κ2) is 8.70. The fraction of sp³-hybridized carbons (Fsp3) is 0.450. The van der Waals surface area contributed by atoms with Crippen LogP contribution in [0.4, 0.5) is 10.5 Å². The predicted molar refractivity (Wildman–Crippen MR) is 103 cm³/mol. The number of para-hydroxylation sites is 1. The highest BCUT2D eigenvalue weighted by atomic mass is 16.6. The molecule has 1 aromatic rings. The molecule has 3 N–H and O–H groups in total. The van der Waals surface area contributed by atoms with E-state index < -0.39 is 17.7 Å². The number of hydrogen-bond acceptors (Lipinski definition) is 4. The van der Waals surface area contributed by atoms with Gasteiger partial charge in [-0.2, -0.15) is 0 Å². The lowest BCUT2D eigenvalue weighted by Crippen LogP contribution is -2.47. The van der Waals surface area contributed by atoms with Crippen molar-refractivity contribution in [1.29, 1.82) is 0 Å². The van der Waals surface area contributed by atoms with Gasteiger partial charge in [0.1, 0.15) is 11.6 Å². The quantitative estimate of drug-likeness (QED) is 0.660. The third-order valence-corrected chi connectivity index (χ3v) is 3.95. The molecule has 1 aliphatic heterocycles. The lowest BCUT2D eigenvalue weighted by atomic mass is 10.1.